The maximum absolute atomic E-state index is 3.59. The first-order chi connectivity index (χ1) is 8.10. The number of rotatable bonds is 2. The largest absolute Gasteiger partial charge is 0.371 e. The smallest absolute Gasteiger partial charge is 0.0408 e. The van der Waals surface area contributed by atoms with Crippen LogP contribution in [-0.4, -0.2) is 13.1 Å². The summed E-state index contributed by atoms with van der Waals surface area (Å²) in [4.78, 5) is 2.54. The molecular formula is C14H19Br2N. The zero-order valence-electron chi connectivity index (χ0n) is 10.4. The van der Waals surface area contributed by atoms with E-state index >= 15 is 0 Å². The van der Waals surface area contributed by atoms with Gasteiger partial charge in [-0.2, -0.15) is 0 Å². The summed E-state index contributed by atoms with van der Waals surface area (Å²) < 4.78 is 1.16. The number of anilines is 1. The Morgan fingerprint density at radius 1 is 1.24 bits per heavy atom. The number of alkyl halides is 1. The van der Waals surface area contributed by atoms with Crippen LogP contribution in [-0.2, 0) is 5.33 Å². The molecule has 3 heteroatoms. The highest BCUT2D eigenvalue weighted by molar-refractivity contribution is 9.10. The topological polar surface area (TPSA) is 3.24 Å². The molecule has 2 atom stereocenters. The minimum atomic E-state index is 0.797. The van der Waals surface area contributed by atoms with Crippen LogP contribution >= 0.6 is 31.9 Å². The van der Waals surface area contributed by atoms with E-state index < -0.39 is 0 Å². The van der Waals surface area contributed by atoms with E-state index in [1.807, 2.05) is 0 Å². The minimum absolute atomic E-state index is 0.797. The Morgan fingerprint density at radius 2 is 1.88 bits per heavy atom. The maximum atomic E-state index is 3.59. The standard InChI is InChI=1S/C14H19Br2N/c1-10-5-11(2)9-17(8-10)14-4-3-13(16)6-12(14)7-15/h3-4,6,10-11H,5,7-9H2,1-2H3. The van der Waals surface area contributed by atoms with E-state index in [0.717, 1.165) is 21.6 Å². The average molecular weight is 361 g/mol. The van der Waals surface area contributed by atoms with E-state index in [1.54, 1.807) is 0 Å². The van der Waals surface area contributed by atoms with Crippen molar-refractivity contribution in [2.75, 3.05) is 18.0 Å². The fourth-order valence-electron chi connectivity index (χ4n) is 2.83. The van der Waals surface area contributed by atoms with E-state index in [0.29, 0.717) is 0 Å². The van der Waals surface area contributed by atoms with Crippen LogP contribution in [0.5, 0.6) is 0 Å². The highest BCUT2D eigenvalue weighted by atomic mass is 79.9. The Bertz CT molecular complexity index is 382. The molecule has 0 bridgehead atoms. The Morgan fingerprint density at radius 3 is 2.47 bits per heavy atom. The third kappa shape index (κ3) is 3.25. The molecule has 17 heavy (non-hydrogen) atoms. The maximum Gasteiger partial charge on any atom is 0.0408 e. The van der Waals surface area contributed by atoms with Crippen LogP contribution in [0, 0.1) is 11.8 Å². The lowest BCUT2D eigenvalue weighted by Gasteiger charge is -2.37. The van der Waals surface area contributed by atoms with Crippen LogP contribution in [0.25, 0.3) is 0 Å². The molecule has 1 aromatic rings. The molecule has 1 aliphatic heterocycles. The number of halogens is 2. The van der Waals surface area contributed by atoms with Gasteiger partial charge in [0, 0.05) is 28.6 Å². The molecule has 0 amide bonds. The summed E-state index contributed by atoms with van der Waals surface area (Å²) in [6, 6.07) is 6.60. The Balaban J connectivity index is 2.26. The monoisotopic (exact) mass is 359 g/mol. The van der Waals surface area contributed by atoms with Gasteiger partial charge in [0.05, 0.1) is 0 Å². The van der Waals surface area contributed by atoms with Crippen molar-refractivity contribution in [2.24, 2.45) is 11.8 Å². The number of hydrogen-bond donors (Lipinski definition) is 0. The molecule has 94 valence electrons. The van der Waals surface area contributed by atoms with E-state index in [-0.39, 0.29) is 0 Å². The van der Waals surface area contributed by atoms with Gasteiger partial charge in [0.2, 0.25) is 0 Å². The molecule has 0 radical (unpaired) electrons. The molecule has 0 saturated carbocycles. The summed E-state index contributed by atoms with van der Waals surface area (Å²) in [6.07, 6.45) is 1.36. The first kappa shape index (κ1) is 13.4. The summed E-state index contributed by atoms with van der Waals surface area (Å²) in [5, 5.41) is 0.918. The molecule has 1 fully saturated rings. The van der Waals surface area contributed by atoms with Gasteiger partial charge in [0.15, 0.2) is 0 Å². The van der Waals surface area contributed by atoms with Crippen molar-refractivity contribution >= 4 is 37.5 Å². The fraction of sp³-hybridized carbons (Fsp3) is 0.571. The number of hydrogen-bond acceptors (Lipinski definition) is 1. The van der Waals surface area contributed by atoms with Gasteiger partial charge in [-0.3, -0.25) is 0 Å². The SMILES string of the molecule is CC1CC(C)CN(c2ccc(Br)cc2CBr)C1. The van der Waals surface area contributed by atoms with Gasteiger partial charge in [0.1, 0.15) is 0 Å². The lowest BCUT2D eigenvalue weighted by Crippen LogP contribution is -2.39. The van der Waals surface area contributed by atoms with E-state index in [4.69, 9.17) is 0 Å². The number of benzene rings is 1. The average Bonchev–Trinajstić information content (AvgIpc) is 2.27. The lowest BCUT2D eigenvalue weighted by atomic mass is 9.91. The normalized spacial score (nSPS) is 25.1. The molecule has 0 spiro atoms. The first-order valence-electron chi connectivity index (χ1n) is 6.19. The molecule has 0 aliphatic carbocycles. The van der Waals surface area contributed by atoms with Crippen LogP contribution in [0.3, 0.4) is 0 Å². The molecule has 2 rings (SSSR count). The van der Waals surface area contributed by atoms with Gasteiger partial charge < -0.3 is 4.90 Å². The number of nitrogens with zero attached hydrogens (tertiary/aromatic N) is 1. The van der Waals surface area contributed by atoms with Gasteiger partial charge in [-0.05, 0) is 42.0 Å². The molecule has 1 nitrogen and oxygen atoms in total. The van der Waals surface area contributed by atoms with E-state index in [9.17, 15) is 0 Å². The lowest BCUT2D eigenvalue weighted by molar-refractivity contribution is 0.356. The van der Waals surface area contributed by atoms with Gasteiger partial charge in [-0.1, -0.05) is 45.7 Å². The van der Waals surface area contributed by atoms with Gasteiger partial charge in [-0.25, -0.2) is 0 Å². The molecule has 1 heterocycles. The van der Waals surface area contributed by atoms with Crippen LogP contribution in [0.1, 0.15) is 25.8 Å². The van der Waals surface area contributed by atoms with Crippen LogP contribution < -0.4 is 4.90 Å². The van der Waals surface area contributed by atoms with Gasteiger partial charge in [-0.15, -0.1) is 0 Å². The van der Waals surface area contributed by atoms with Crippen molar-refractivity contribution in [1.29, 1.82) is 0 Å². The highest BCUT2D eigenvalue weighted by Crippen LogP contribution is 2.31. The Hall–Kier alpha value is -0.0200. The molecule has 1 saturated heterocycles. The van der Waals surface area contributed by atoms with Crippen molar-refractivity contribution in [3.05, 3.63) is 28.2 Å². The highest BCUT2D eigenvalue weighted by Gasteiger charge is 2.23. The summed E-state index contributed by atoms with van der Waals surface area (Å²) in [7, 11) is 0. The van der Waals surface area contributed by atoms with Crippen molar-refractivity contribution < 1.29 is 0 Å². The second-order valence-corrected chi connectivity index (χ2v) is 6.73. The second kappa shape index (κ2) is 5.75. The Labute approximate surface area is 121 Å². The van der Waals surface area contributed by atoms with Crippen LogP contribution in [0.2, 0.25) is 0 Å². The van der Waals surface area contributed by atoms with Crippen LogP contribution in [0.4, 0.5) is 5.69 Å². The second-order valence-electron chi connectivity index (χ2n) is 5.26. The van der Waals surface area contributed by atoms with Crippen molar-refractivity contribution in [2.45, 2.75) is 25.6 Å². The minimum Gasteiger partial charge on any atom is -0.371 e. The zero-order valence-corrected chi connectivity index (χ0v) is 13.6. The van der Waals surface area contributed by atoms with Crippen molar-refractivity contribution in [1.82, 2.24) is 0 Å². The van der Waals surface area contributed by atoms with Gasteiger partial charge >= 0.3 is 0 Å². The summed E-state index contributed by atoms with van der Waals surface area (Å²) in [6.45, 7) is 7.09. The fourth-order valence-corrected chi connectivity index (χ4v) is 3.69. The molecule has 0 N–H and O–H groups in total. The number of piperidine rings is 1. The predicted octanol–water partition coefficient (Wildman–Crippen LogP) is 4.83. The summed E-state index contributed by atoms with van der Waals surface area (Å²) in [5.41, 5.74) is 2.77. The molecule has 1 aliphatic rings. The molecular weight excluding hydrogens is 342 g/mol. The molecule has 1 aromatic carbocycles. The third-order valence-electron chi connectivity index (χ3n) is 3.40. The predicted molar refractivity (Wildman–Crippen MR) is 81.9 cm³/mol. The summed E-state index contributed by atoms with van der Waals surface area (Å²) in [5.74, 6) is 1.59. The molecule has 2 unspecified atom stereocenters. The van der Waals surface area contributed by atoms with Crippen LogP contribution in [0.15, 0.2) is 22.7 Å². The van der Waals surface area contributed by atoms with E-state index in [1.165, 1.54) is 30.8 Å². The zero-order chi connectivity index (χ0) is 12.4. The summed E-state index contributed by atoms with van der Waals surface area (Å²) >= 11 is 7.14. The Kier molecular flexibility index (Phi) is 4.53. The first-order valence-corrected chi connectivity index (χ1v) is 8.11. The van der Waals surface area contributed by atoms with Crippen molar-refractivity contribution in [3.8, 4) is 0 Å². The molecule has 0 aromatic heterocycles. The van der Waals surface area contributed by atoms with Gasteiger partial charge in [0.25, 0.3) is 0 Å². The van der Waals surface area contributed by atoms with Crippen molar-refractivity contribution in [3.63, 3.8) is 0 Å². The quantitative estimate of drug-likeness (QED) is 0.683. The third-order valence-corrected chi connectivity index (χ3v) is 4.49. The van der Waals surface area contributed by atoms with E-state index in [2.05, 4.69) is 68.8 Å².